The van der Waals surface area contributed by atoms with E-state index in [0.29, 0.717) is 23.4 Å². The van der Waals surface area contributed by atoms with E-state index in [2.05, 4.69) is 17.6 Å². The molecule has 150 valence electrons. The number of nitrogens with one attached hydrogen (secondary N) is 2. The minimum atomic E-state index is -0.386. The van der Waals surface area contributed by atoms with Crippen LogP contribution in [0.4, 0.5) is 11.4 Å². The van der Waals surface area contributed by atoms with E-state index in [-0.39, 0.29) is 11.5 Å². The molecule has 0 radical (unpaired) electrons. The SMILES string of the molecule is CCc1ccc2c(CNc3ccccc3C(=O)Nc3ccccc3)cc(=O)oc2c1. The maximum Gasteiger partial charge on any atom is 0.336 e. The number of hydrogen-bond donors (Lipinski definition) is 2. The van der Waals surface area contributed by atoms with Crippen LogP contribution in [0.5, 0.6) is 0 Å². The van der Waals surface area contributed by atoms with Crippen molar-refractivity contribution in [3.8, 4) is 0 Å². The number of carbonyl (C=O) groups is 1. The van der Waals surface area contributed by atoms with E-state index in [1.165, 1.54) is 6.07 Å². The zero-order chi connectivity index (χ0) is 20.9. The molecule has 0 atom stereocenters. The molecule has 4 rings (SSSR count). The zero-order valence-corrected chi connectivity index (χ0v) is 16.6. The van der Waals surface area contributed by atoms with E-state index in [1.54, 1.807) is 6.07 Å². The summed E-state index contributed by atoms with van der Waals surface area (Å²) in [5.41, 5.74) is 4.08. The summed E-state index contributed by atoms with van der Waals surface area (Å²) in [6.45, 7) is 2.45. The van der Waals surface area contributed by atoms with Crippen LogP contribution in [-0.2, 0) is 13.0 Å². The zero-order valence-electron chi connectivity index (χ0n) is 16.6. The fourth-order valence-electron chi connectivity index (χ4n) is 3.39. The van der Waals surface area contributed by atoms with E-state index in [9.17, 15) is 9.59 Å². The molecule has 1 amide bonds. The fourth-order valence-corrected chi connectivity index (χ4v) is 3.39. The van der Waals surface area contributed by atoms with E-state index in [0.717, 1.165) is 28.6 Å². The number of amides is 1. The molecule has 0 aliphatic rings. The molecule has 3 aromatic carbocycles. The van der Waals surface area contributed by atoms with Gasteiger partial charge in [-0.15, -0.1) is 0 Å². The molecule has 1 heterocycles. The van der Waals surface area contributed by atoms with E-state index in [4.69, 9.17) is 4.42 Å². The molecule has 4 aromatic rings. The summed E-state index contributed by atoms with van der Waals surface area (Å²) >= 11 is 0. The van der Waals surface area contributed by atoms with Gasteiger partial charge in [-0.3, -0.25) is 4.79 Å². The Bertz CT molecular complexity index is 1250. The third-order valence-electron chi connectivity index (χ3n) is 4.98. The molecular formula is C25H22N2O3. The minimum Gasteiger partial charge on any atom is -0.423 e. The van der Waals surface area contributed by atoms with Crippen molar-refractivity contribution in [3.05, 3.63) is 106 Å². The highest BCUT2D eigenvalue weighted by molar-refractivity contribution is 6.08. The molecule has 1 aromatic heterocycles. The molecule has 0 saturated heterocycles. The highest BCUT2D eigenvalue weighted by Crippen LogP contribution is 2.22. The lowest BCUT2D eigenvalue weighted by Gasteiger charge is -2.13. The Morgan fingerprint density at radius 2 is 1.70 bits per heavy atom. The molecule has 5 heteroatoms. The van der Waals surface area contributed by atoms with Crippen molar-refractivity contribution in [1.82, 2.24) is 0 Å². The fraction of sp³-hybridized carbons (Fsp3) is 0.120. The van der Waals surface area contributed by atoms with Crippen LogP contribution < -0.4 is 16.3 Å². The van der Waals surface area contributed by atoms with E-state index < -0.39 is 0 Å². The molecule has 2 N–H and O–H groups in total. The summed E-state index contributed by atoms with van der Waals surface area (Å²) in [6, 6.07) is 24.0. The minimum absolute atomic E-state index is 0.200. The van der Waals surface area contributed by atoms with Crippen LogP contribution in [0.15, 0.2) is 88.1 Å². The first kappa shape index (κ1) is 19.5. The quantitative estimate of drug-likeness (QED) is 0.437. The van der Waals surface area contributed by atoms with Crippen molar-refractivity contribution in [2.24, 2.45) is 0 Å². The van der Waals surface area contributed by atoms with Gasteiger partial charge in [0, 0.05) is 29.4 Å². The number of carbonyl (C=O) groups excluding carboxylic acids is 1. The predicted octanol–water partition coefficient (Wildman–Crippen LogP) is 5.22. The Kier molecular flexibility index (Phi) is 5.61. The molecule has 30 heavy (non-hydrogen) atoms. The predicted molar refractivity (Wildman–Crippen MR) is 120 cm³/mol. The summed E-state index contributed by atoms with van der Waals surface area (Å²) in [7, 11) is 0. The summed E-state index contributed by atoms with van der Waals surface area (Å²) < 4.78 is 5.38. The second-order valence-electron chi connectivity index (χ2n) is 6.99. The van der Waals surface area contributed by atoms with Crippen molar-refractivity contribution in [1.29, 1.82) is 0 Å². The summed E-state index contributed by atoms with van der Waals surface area (Å²) in [6.07, 6.45) is 0.867. The van der Waals surface area contributed by atoms with Crippen LogP contribution in [0.1, 0.15) is 28.4 Å². The van der Waals surface area contributed by atoms with Crippen molar-refractivity contribution >= 4 is 28.3 Å². The third-order valence-corrected chi connectivity index (χ3v) is 4.98. The number of hydrogen-bond acceptors (Lipinski definition) is 4. The van der Waals surface area contributed by atoms with Gasteiger partial charge in [-0.1, -0.05) is 49.4 Å². The highest BCUT2D eigenvalue weighted by Gasteiger charge is 2.12. The van der Waals surface area contributed by atoms with Gasteiger partial charge in [-0.2, -0.15) is 0 Å². The first-order valence-electron chi connectivity index (χ1n) is 9.89. The van der Waals surface area contributed by atoms with Gasteiger partial charge in [0.05, 0.1) is 5.56 Å². The summed E-state index contributed by atoms with van der Waals surface area (Å²) in [5.74, 6) is -0.200. The first-order valence-corrected chi connectivity index (χ1v) is 9.89. The van der Waals surface area contributed by atoms with Crippen LogP contribution in [0.3, 0.4) is 0 Å². The van der Waals surface area contributed by atoms with Crippen molar-refractivity contribution in [3.63, 3.8) is 0 Å². The summed E-state index contributed by atoms with van der Waals surface area (Å²) in [5, 5.41) is 7.09. The maximum absolute atomic E-state index is 12.8. The van der Waals surface area contributed by atoms with Gasteiger partial charge in [0.25, 0.3) is 5.91 Å². The van der Waals surface area contributed by atoms with Crippen LogP contribution in [0.25, 0.3) is 11.0 Å². The van der Waals surface area contributed by atoms with Crippen LogP contribution in [0.2, 0.25) is 0 Å². The van der Waals surface area contributed by atoms with Crippen LogP contribution >= 0.6 is 0 Å². The molecule has 0 saturated carbocycles. The van der Waals surface area contributed by atoms with Crippen molar-refractivity contribution < 1.29 is 9.21 Å². The number of fused-ring (bicyclic) bond motifs is 1. The van der Waals surface area contributed by atoms with Crippen LogP contribution in [0, 0.1) is 0 Å². The largest absolute Gasteiger partial charge is 0.423 e. The topological polar surface area (TPSA) is 71.3 Å². The van der Waals surface area contributed by atoms with Gasteiger partial charge in [0.2, 0.25) is 0 Å². The smallest absolute Gasteiger partial charge is 0.336 e. The lowest BCUT2D eigenvalue weighted by molar-refractivity contribution is 0.102. The average Bonchev–Trinajstić information content (AvgIpc) is 2.77. The molecule has 0 bridgehead atoms. The Hall–Kier alpha value is -3.86. The molecule has 0 aliphatic heterocycles. The Labute approximate surface area is 174 Å². The second-order valence-corrected chi connectivity index (χ2v) is 6.99. The first-order chi connectivity index (χ1) is 14.6. The van der Waals surface area contributed by atoms with Gasteiger partial charge < -0.3 is 15.1 Å². The van der Waals surface area contributed by atoms with Gasteiger partial charge in [-0.25, -0.2) is 4.79 Å². The Balaban J connectivity index is 1.59. The highest BCUT2D eigenvalue weighted by atomic mass is 16.4. The molecule has 5 nitrogen and oxygen atoms in total. The van der Waals surface area contributed by atoms with E-state index >= 15 is 0 Å². The van der Waals surface area contributed by atoms with Gasteiger partial charge >= 0.3 is 5.63 Å². The van der Waals surface area contributed by atoms with E-state index in [1.807, 2.05) is 66.7 Å². The van der Waals surface area contributed by atoms with Gasteiger partial charge in [0.1, 0.15) is 5.58 Å². The maximum atomic E-state index is 12.8. The standard InChI is InChI=1S/C25H22N2O3/c1-2-17-12-13-20-18(15-24(28)30-23(20)14-17)16-26-22-11-7-6-10-21(22)25(29)27-19-8-4-3-5-9-19/h3-15,26H,2,16H2,1H3,(H,27,29). The van der Waals surface area contributed by atoms with Crippen molar-refractivity contribution in [2.75, 3.05) is 10.6 Å². The monoisotopic (exact) mass is 398 g/mol. The Morgan fingerprint density at radius 1 is 0.933 bits per heavy atom. The van der Waals surface area contributed by atoms with Gasteiger partial charge in [0.15, 0.2) is 0 Å². The normalized spacial score (nSPS) is 10.7. The lowest BCUT2D eigenvalue weighted by Crippen LogP contribution is -2.15. The van der Waals surface area contributed by atoms with Crippen LogP contribution in [-0.4, -0.2) is 5.91 Å². The average molecular weight is 398 g/mol. The third kappa shape index (κ3) is 4.25. The molecule has 0 unspecified atom stereocenters. The lowest BCUT2D eigenvalue weighted by atomic mass is 10.1. The number of rotatable bonds is 6. The number of aryl methyl sites for hydroxylation is 1. The number of anilines is 2. The number of benzene rings is 3. The second kappa shape index (κ2) is 8.66. The Morgan fingerprint density at radius 3 is 2.50 bits per heavy atom. The molecule has 0 spiro atoms. The summed E-state index contributed by atoms with van der Waals surface area (Å²) in [4.78, 5) is 24.8. The van der Waals surface area contributed by atoms with Crippen molar-refractivity contribution in [2.45, 2.75) is 19.9 Å². The van der Waals surface area contributed by atoms with Gasteiger partial charge in [-0.05, 0) is 47.9 Å². The molecule has 0 fully saturated rings. The number of para-hydroxylation sites is 2. The molecular weight excluding hydrogens is 376 g/mol. The molecule has 0 aliphatic carbocycles.